The molecule has 5 nitrogen and oxygen atoms in total. The molecule has 3 aliphatic rings. The average Bonchev–Trinajstić information content (AvgIpc) is 2.08. The summed E-state index contributed by atoms with van der Waals surface area (Å²) in [5.41, 5.74) is -1.76. The summed E-state index contributed by atoms with van der Waals surface area (Å²) < 4.78 is 25.2. The molecule has 0 aromatic rings. The summed E-state index contributed by atoms with van der Waals surface area (Å²) in [5.74, 6) is 0.187. The van der Waals surface area contributed by atoms with E-state index in [9.17, 15) is 9.46 Å². The Labute approximate surface area is 64.1 Å². The van der Waals surface area contributed by atoms with Crippen LogP contribution in [0.25, 0.3) is 0 Å². The predicted molar refractivity (Wildman–Crippen MR) is 31.7 cm³/mol. The zero-order valence-corrected chi connectivity index (χ0v) is 6.58. The van der Waals surface area contributed by atoms with E-state index >= 15 is 0 Å². The molecule has 3 saturated heterocycles. The van der Waals surface area contributed by atoms with E-state index < -0.39 is 13.7 Å². The van der Waals surface area contributed by atoms with Gasteiger partial charge in [-0.25, -0.2) is 0 Å². The van der Waals surface area contributed by atoms with E-state index in [0.717, 1.165) is 0 Å². The number of fused-ring (bicyclic) bond motifs is 3. The summed E-state index contributed by atoms with van der Waals surface area (Å²) in [6, 6.07) is 0. The topological polar surface area (TPSA) is 67.8 Å². The summed E-state index contributed by atoms with van der Waals surface area (Å²) in [5, 5.41) is 0. The molecular formula is C5H7O5P. The van der Waals surface area contributed by atoms with Gasteiger partial charge < -0.3 is 4.89 Å². The van der Waals surface area contributed by atoms with Crippen LogP contribution in [0.15, 0.2) is 0 Å². The van der Waals surface area contributed by atoms with Crippen molar-refractivity contribution in [2.75, 3.05) is 19.8 Å². The Morgan fingerprint density at radius 3 is 2.00 bits per heavy atom. The Bertz CT molecular complexity index is 172. The molecule has 11 heavy (non-hydrogen) atoms. The van der Waals surface area contributed by atoms with Crippen LogP contribution in [0, 0.1) is 5.92 Å². The smallest absolute Gasteiger partial charge is 0.495 e. The van der Waals surface area contributed by atoms with E-state index in [-0.39, 0.29) is 5.92 Å². The predicted octanol–water partition coefficient (Wildman–Crippen LogP) is -0.606. The van der Waals surface area contributed by atoms with Gasteiger partial charge in [-0.2, -0.15) is 0 Å². The second-order valence-electron chi connectivity index (χ2n) is 2.58. The SMILES string of the molecule is O=[P+]([O-])C12OCC(CO1)CO2. The molecule has 0 N–H and O–H groups in total. The maximum Gasteiger partial charge on any atom is 0.495 e. The van der Waals surface area contributed by atoms with Gasteiger partial charge >= 0.3 is 13.7 Å². The van der Waals surface area contributed by atoms with E-state index in [2.05, 4.69) is 0 Å². The van der Waals surface area contributed by atoms with Crippen molar-refractivity contribution in [2.24, 2.45) is 5.92 Å². The minimum atomic E-state index is -2.83. The monoisotopic (exact) mass is 178 g/mol. The highest BCUT2D eigenvalue weighted by molar-refractivity contribution is 7.37. The first kappa shape index (κ1) is 7.58. The lowest BCUT2D eigenvalue weighted by atomic mass is 10.2. The van der Waals surface area contributed by atoms with Crippen LogP contribution in [0.2, 0.25) is 0 Å². The summed E-state index contributed by atoms with van der Waals surface area (Å²) in [6.07, 6.45) is 0. The molecule has 0 aliphatic carbocycles. The van der Waals surface area contributed by atoms with Crippen LogP contribution in [-0.2, 0) is 18.8 Å². The van der Waals surface area contributed by atoms with Crippen LogP contribution in [0.1, 0.15) is 0 Å². The molecule has 6 heteroatoms. The van der Waals surface area contributed by atoms with Gasteiger partial charge in [-0.1, -0.05) is 4.57 Å². The lowest BCUT2D eigenvalue weighted by molar-refractivity contribution is -0.414. The van der Waals surface area contributed by atoms with Crippen LogP contribution < -0.4 is 4.89 Å². The average molecular weight is 178 g/mol. The fraction of sp³-hybridized carbons (Fsp3) is 1.00. The van der Waals surface area contributed by atoms with Crippen LogP contribution in [-0.4, -0.2) is 25.5 Å². The van der Waals surface area contributed by atoms with Gasteiger partial charge in [0.2, 0.25) is 0 Å². The number of hydrogen-bond acceptors (Lipinski definition) is 5. The second-order valence-corrected chi connectivity index (χ2v) is 3.64. The molecule has 0 radical (unpaired) electrons. The number of hydrogen-bond donors (Lipinski definition) is 0. The first-order chi connectivity index (χ1) is 5.23. The maximum atomic E-state index is 10.6. The lowest BCUT2D eigenvalue weighted by Gasteiger charge is -2.38. The molecule has 0 amide bonds. The molecule has 1 unspecified atom stereocenters. The third kappa shape index (κ3) is 1.09. The zero-order valence-electron chi connectivity index (χ0n) is 5.69. The Kier molecular flexibility index (Phi) is 1.70. The van der Waals surface area contributed by atoms with Gasteiger partial charge in [0.05, 0.1) is 19.8 Å². The molecular weight excluding hydrogens is 171 g/mol. The van der Waals surface area contributed by atoms with Crippen LogP contribution in [0.4, 0.5) is 0 Å². The molecule has 62 valence electrons. The molecule has 3 rings (SSSR count). The van der Waals surface area contributed by atoms with Gasteiger partial charge in [0.15, 0.2) is 0 Å². The highest BCUT2D eigenvalue weighted by atomic mass is 31.1. The molecule has 1 atom stereocenters. The van der Waals surface area contributed by atoms with Gasteiger partial charge in [0.25, 0.3) is 0 Å². The molecule has 0 aromatic carbocycles. The summed E-state index contributed by atoms with van der Waals surface area (Å²) in [7, 11) is -2.83. The highest BCUT2D eigenvalue weighted by Crippen LogP contribution is 2.42. The van der Waals surface area contributed by atoms with Crippen LogP contribution in [0.5, 0.6) is 0 Å². The number of ether oxygens (including phenoxy) is 3. The molecule has 3 heterocycles. The van der Waals surface area contributed by atoms with E-state index in [1.807, 2.05) is 0 Å². The molecule has 2 bridgehead atoms. The molecule has 3 aliphatic heterocycles. The number of rotatable bonds is 1. The lowest BCUT2D eigenvalue weighted by Crippen LogP contribution is -2.52. The molecule has 0 saturated carbocycles. The van der Waals surface area contributed by atoms with Crippen molar-refractivity contribution >= 4 is 8.03 Å². The summed E-state index contributed by atoms with van der Waals surface area (Å²) in [4.78, 5) is 10.6. The van der Waals surface area contributed by atoms with Crippen molar-refractivity contribution in [3.8, 4) is 0 Å². The minimum absolute atomic E-state index is 0.187. The summed E-state index contributed by atoms with van der Waals surface area (Å²) in [6.45, 7) is 1.22. The van der Waals surface area contributed by atoms with E-state index in [4.69, 9.17) is 14.2 Å². The van der Waals surface area contributed by atoms with Crippen molar-refractivity contribution in [1.82, 2.24) is 0 Å². The van der Waals surface area contributed by atoms with Crippen molar-refractivity contribution < 1.29 is 23.7 Å². The molecule has 0 spiro atoms. The van der Waals surface area contributed by atoms with Gasteiger partial charge in [-0.3, -0.25) is 14.2 Å². The first-order valence-electron chi connectivity index (χ1n) is 3.29. The van der Waals surface area contributed by atoms with Crippen molar-refractivity contribution in [3.05, 3.63) is 0 Å². The van der Waals surface area contributed by atoms with E-state index in [0.29, 0.717) is 19.8 Å². The van der Waals surface area contributed by atoms with Crippen molar-refractivity contribution in [3.63, 3.8) is 0 Å². The van der Waals surface area contributed by atoms with Gasteiger partial charge in [-0.15, -0.1) is 0 Å². The Hall–Kier alpha value is -0.0600. The molecule has 3 fully saturated rings. The second kappa shape index (κ2) is 2.47. The fourth-order valence-electron chi connectivity index (χ4n) is 1.10. The van der Waals surface area contributed by atoms with Gasteiger partial charge in [0, 0.05) is 5.92 Å². The zero-order chi connectivity index (χ0) is 7.90. The largest absolute Gasteiger partial charge is 0.589 e. The van der Waals surface area contributed by atoms with Crippen LogP contribution in [0.3, 0.4) is 0 Å². The fourth-order valence-corrected chi connectivity index (χ4v) is 1.64. The van der Waals surface area contributed by atoms with Crippen molar-refractivity contribution in [2.45, 2.75) is 5.71 Å². The highest BCUT2D eigenvalue weighted by Gasteiger charge is 2.56. The van der Waals surface area contributed by atoms with E-state index in [1.165, 1.54) is 0 Å². The van der Waals surface area contributed by atoms with Crippen LogP contribution >= 0.6 is 8.03 Å². The Balaban J connectivity index is 2.18. The minimum Gasteiger partial charge on any atom is -0.589 e. The summed E-state index contributed by atoms with van der Waals surface area (Å²) >= 11 is 0. The molecule has 0 aromatic heterocycles. The third-order valence-electron chi connectivity index (χ3n) is 1.73. The first-order valence-corrected chi connectivity index (χ1v) is 4.47. The van der Waals surface area contributed by atoms with Crippen molar-refractivity contribution in [1.29, 1.82) is 0 Å². The normalized spacial score (nSPS) is 44.1. The Morgan fingerprint density at radius 2 is 1.73 bits per heavy atom. The maximum absolute atomic E-state index is 10.6. The van der Waals surface area contributed by atoms with Gasteiger partial charge in [-0.05, 0) is 0 Å². The third-order valence-corrected chi connectivity index (χ3v) is 2.56. The van der Waals surface area contributed by atoms with Gasteiger partial charge in [0.1, 0.15) is 0 Å². The van der Waals surface area contributed by atoms with E-state index in [1.54, 1.807) is 0 Å². The Morgan fingerprint density at radius 1 is 1.27 bits per heavy atom. The standard InChI is InChI=1S/C5H7O5P/c6-11(7)5-8-1-4(2-9-5)3-10-5/h4H,1-3H2. The quantitative estimate of drug-likeness (QED) is 0.501.